The van der Waals surface area contributed by atoms with E-state index in [1.807, 2.05) is 49.1 Å². The molecule has 0 radical (unpaired) electrons. The van der Waals surface area contributed by atoms with Crippen molar-refractivity contribution < 1.29 is 14.3 Å². The summed E-state index contributed by atoms with van der Waals surface area (Å²) in [7, 11) is 0. The number of amides is 2. The minimum absolute atomic E-state index is 0.0102. The second-order valence-electron chi connectivity index (χ2n) is 7.78. The highest BCUT2D eigenvalue weighted by molar-refractivity contribution is 9.10. The third-order valence-corrected chi connectivity index (χ3v) is 6.34. The minimum Gasteiger partial charge on any atom is -0.472 e. The van der Waals surface area contributed by atoms with E-state index >= 15 is 0 Å². The van der Waals surface area contributed by atoms with Gasteiger partial charge in [-0.2, -0.15) is 0 Å². The molecule has 1 aromatic carbocycles. The average Bonchev–Trinajstić information content (AvgIpc) is 3.32. The summed E-state index contributed by atoms with van der Waals surface area (Å²) >= 11 is 3.44. The van der Waals surface area contributed by atoms with Crippen molar-refractivity contribution in [1.82, 2.24) is 9.88 Å². The molecule has 0 bridgehead atoms. The second kappa shape index (κ2) is 8.14. The molecule has 3 heterocycles. The third kappa shape index (κ3) is 4.15. The number of benzene rings is 1. The monoisotopic (exact) mass is 457 g/mol. The molecule has 2 saturated heterocycles. The van der Waals surface area contributed by atoms with Crippen LogP contribution in [0.25, 0.3) is 0 Å². The molecule has 0 N–H and O–H groups in total. The van der Waals surface area contributed by atoms with Gasteiger partial charge in [0.05, 0.1) is 16.9 Å². The van der Waals surface area contributed by atoms with E-state index in [1.165, 1.54) is 5.56 Å². The van der Waals surface area contributed by atoms with Crippen molar-refractivity contribution in [2.24, 2.45) is 5.92 Å². The number of carbonyl (C=O) groups is 2. The number of nitrogens with zero attached hydrogens (tertiary/aromatic N) is 3. The van der Waals surface area contributed by atoms with Gasteiger partial charge in [0.15, 0.2) is 0 Å². The van der Waals surface area contributed by atoms with Crippen molar-refractivity contribution >= 4 is 33.4 Å². The van der Waals surface area contributed by atoms with Gasteiger partial charge in [-0.05, 0) is 65.2 Å². The zero-order chi connectivity index (χ0) is 20.5. The van der Waals surface area contributed by atoms with Gasteiger partial charge in [-0.15, -0.1) is 0 Å². The Bertz CT molecular complexity index is 949. The topological polar surface area (TPSA) is 62.7 Å². The fourth-order valence-corrected chi connectivity index (χ4v) is 4.26. The molecule has 2 aliphatic heterocycles. The van der Waals surface area contributed by atoms with Gasteiger partial charge < -0.3 is 14.5 Å². The van der Waals surface area contributed by atoms with Crippen LogP contribution in [-0.4, -0.2) is 47.4 Å². The Morgan fingerprint density at radius 1 is 1.21 bits per heavy atom. The van der Waals surface area contributed by atoms with Gasteiger partial charge in [-0.1, -0.05) is 6.07 Å². The molecule has 2 amide bonds. The fraction of sp³-hybridized carbons (Fsp3) is 0.409. The Kier molecular flexibility index (Phi) is 5.58. The average molecular weight is 458 g/mol. The predicted octanol–water partition coefficient (Wildman–Crippen LogP) is 3.49. The van der Waals surface area contributed by atoms with E-state index in [4.69, 9.17) is 4.74 Å². The van der Waals surface area contributed by atoms with Crippen LogP contribution >= 0.6 is 15.9 Å². The first kappa shape index (κ1) is 19.9. The van der Waals surface area contributed by atoms with Crippen molar-refractivity contribution in [2.45, 2.75) is 32.8 Å². The highest BCUT2D eigenvalue weighted by Crippen LogP contribution is 2.30. The number of ether oxygens (including phenoxy) is 1. The zero-order valence-electron chi connectivity index (χ0n) is 16.6. The Morgan fingerprint density at radius 2 is 2.03 bits per heavy atom. The lowest BCUT2D eigenvalue weighted by molar-refractivity contribution is -0.135. The predicted molar refractivity (Wildman–Crippen MR) is 114 cm³/mol. The van der Waals surface area contributed by atoms with Crippen LogP contribution in [0.3, 0.4) is 0 Å². The van der Waals surface area contributed by atoms with Crippen molar-refractivity contribution in [3.8, 4) is 5.88 Å². The Hall–Kier alpha value is -2.41. The number of anilines is 1. The standard InChI is InChI=1S/C22H24BrN3O3/c1-14-5-6-17(10-15(14)2)26-12-16(11-20(26)27)22(28)25-9-7-18(13-25)29-21-19(23)4-3-8-24-21/h3-6,8,10,16,18H,7,9,11-13H2,1-2H3. The maximum absolute atomic E-state index is 13.0. The van der Waals surface area contributed by atoms with E-state index < -0.39 is 0 Å². The summed E-state index contributed by atoms with van der Waals surface area (Å²) in [5.74, 6) is 0.292. The van der Waals surface area contributed by atoms with Crippen LogP contribution in [0.2, 0.25) is 0 Å². The maximum Gasteiger partial charge on any atom is 0.228 e. The van der Waals surface area contributed by atoms with Gasteiger partial charge in [-0.3, -0.25) is 9.59 Å². The van der Waals surface area contributed by atoms with E-state index in [0.29, 0.717) is 25.5 Å². The molecule has 152 valence electrons. The lowest BCUT2D eigenvalue weighted by Crippen LogP contribution is -2.37. The molecule has 4 rings (SSSR count). The molecule has 0 spiro atoms. The van der Waals surface area contributed by atoms with E-state index in [-0.39, 0.29) is 30.3 Å². The Morgan fingerprint density at radius 3 is 2.79 bits per heavy atom. The summed E-state index contributed by atoms with van der Waals surface area (Å²) in [6.07, 6.45) is 2.62. The van der Waals surface area contributed by atoms with Gasteiger partial charge in [0, 0.05) is 37.8 Å². The molecule has 2 aromatic rings. The molecule has 0 aliphatic carbocycles. The molecule has 2 unspecified atom stereocenters. The molecule has 1 aromatic heterocycles. The maximum atomic E-state index is 13.0. The summed E-state index contributed by atoms with van der Waals surface area (Å²) in [4.78, 5) is 33.4. The van der Waals surface area contributed by atoms with Crippen LogP contribution in [0.1, 0.15) is 24.0 Å². The van der Waals surface area contributed by atoms with E-state index in [9.17, 15) is 9.59 Å². The van der Waals surface area contributed by atoms with Crippen molar-refractivity contribution in [2.75, 3.05) is 24.5 Å². The number of aromatic nitrogens is 1. The second-order valence-corrected chi connectivity index (χ2v) is 8.63. The first-order valence-corrected chi connectivity index (χ1v) is 10.6. The number of pyridine rings is 1. The van der Waals surface area contributed by atoms with Gasteiger partial charge >= 0.3 is 0 Å². The van der Waals surface area contributed by atoms with Crippen molar-refractivity contribution in [1.29, 1.82) is 0 Å². The number of rotatable bonds is 4. The molecule has 2 atom stereocenters. The quantitative estimate of drug-likeness (QED) is 0.704. The van der Waals surface area contributed by atoms with Crippen molar-refractivity contribution in [3.05, 3.63) is 52.1 Å². The van der Waals surface area contributed by atoms with Gasteiger partial charge in [0.2, 0.25) is 17.7 Å². The van der Waals surface area contributed by atoms with Crippen LogP contribution in [0.15, 0.2) is 41.0 Å². The number of hydrogen-bond donors (Lipinski definition) is 0. The lowest BCUT2D eigenvalue weighted by atomic mass is 10.1. The van der Waals surface area contributed by atoms with Crippen LogP contribution < -0.4 is 9.64 Å². The summed E-state index contributed by atoms with van der Waals surface area (Å²) in [6.45, 7) is 5.69. The van der Waals surface area contributed by atoms with Gasteiger partial charge in [-0.25, -0.2) is 4.98 Å². The third-order valence-electron chi connectivity index (χ3n) is 5.74. The lowest BCUT2D eigenvalue weighted by Gasteiger charge is -2.21. The molecular weight excluding hydrogens is 434 g/mol. The normalized spacial score (nSPS) is 21.7. The van der Waals surface area contributed by atoms with Gasteiger partial charge in [0.25, 0.3) is 0 Å². The largest absolute Gasteiger partial charge is 0.472 e. The number of likely N-dealkylation sites (tertiary alicyclic amines) is 1. The minimum atomic E-state index is -0.301. The molecule has 7 heteroatoms. The molecular formula is C22H24BrN3O3. The molecule has 0 saturated carbocycles. The molecule has 6 nitrogen and oxygen atoms in total. The Labute approximate surface area is 179 Å². The summed E-state index contributed by atoms with van der Waals surface area (Å²) in [5, 5.41) is 0. The van der Waals surface area contributed by atoms with Gasteiger partial charge in [0.1, 0.15) is 6.10 Å². The molecule has 2 aliphatic rings. The Balaban J connectivity index is 1.38. The van der Waals surface area contributed by atoms with Crippen LogP contribution in [-0.2, 0) is 9.59 Å². The van der Waals surface area contributed by atoms with E-state index in [1.54, 1.807) is 11.1 Å². The fourth-order valence-electron chi connectivity index (χ4n) is 3.91. The number of carbonyl (C=O) groups excluding carboxylic acids is 2. The summed E-state index contributed by atoms with van der Waals surface area (Å²) in [5.41, 5.74) is 3.21. The summed E-state index contributed by atoms with van der Waals surface area (Å²) < 4.78 is 6.76. The SMILES string of the molecule is Cc1ccc(N2CC(C(=O)N3CCC(Oc4ncccc4Br)C3)CC2=O)cc1C. The number of aryl methyl sites for hydroxylation is 2. The van der Waals surface area contributed by atoms with Crippen LogP contribution in [0, 0.1) is 19.8 Å². The highest BCUT2D eigenvalue weighted by Gasteiger charge is 2.39. The smallest absolute Gasteiger partial charge is 0.228 e. The van der Waals surface area contributed by atoms with Crippen molar-refractivity contribution in [3.63, 3.8) is 0 Å². The highest BCUT2D eigenvalue weighted by atomic mass is 79.9. The van der Waals surface area contributed by atoms with E-state index in [2.05, 4.69) is 20.9 Å². The van der Waals surface area contributed by atoms with Crippen LogP contribution in [0.4, 0.5) is 5.69 Å². The molecule has 29 heavy (non-hydrogen) atoms. The summed E-state index contributed by atoms with van der Waals surface area (Å²) in [6, 6.07) is 9.71. The molecule has 2 fully saturated rings. The zero-order valence-corrected chi connectivity index (χ0v) is 18.2. The first-order valence-electron chi connectivity index (χ1n) is 9.86. The van der Waals surface area contributed by atoms with Crippen LogP contribution in [0.5, 0.6) is 5.88 Å². The van der Waals surface area contributed by atoms with E-state index in [0.717, 1.165) is 22.1 Å². The number of halogens is 1. The number of hydrogen-bond acceptors (Lipinski definition) is 4. The first-order chi connectivity index (χ1) is 13.9.